The largest absolute Gasteiger partial charge is 0.385 e. The topological polar surface area (TPSA) is 45.0 Å². The Morgan fingerprint density at radius 3 is 2.78 bits per heavy atom. The predicted molar refractivity (Wildman–Crippen MR) is 69.9 cm³/mol. The van der Waals surface area contributed by atoms with Crippen LogP contribution in [0.2, 0.25) is 0 Å². The van der Waals surface area contributed by atoms with Crippen LogP contribution in [0.15, 0.2) is 18.2 Å². The third kappa shape index (κ3) is 5.15. The Morgan fingerprint density at radius 1 is 1.33 bits per heavy atom. The first-order chi connectivity index (χ1) is 8.77. The van der Waals surface area contributed by atoms with Gasteiger partial charge in [0.25, 0.3) is 0 Å². The zero-order valence-corrected chi connectivity index (χ0v) is 10.7. The van der Waals surface area contributed by atoms with Gasteiger partial charge in [0.15, 0.2) is 0 Å². The standard InChI is InChI=1S/C14H19FN2O/c1-2-3-8-18-9-4-7-17-13-6-5-12(11-16)14(15)10-13/h5-6,10,17H,2-4,7-9H2,1H3. The van der Waals surface area contributed by atoms with Crippen molar-refractivity contribution in [2.24, 2.45) is 0 Å². The lowest BCUT2D eigenvalue weighted by Crippen LogP contribution is -2.06. The minimum absolute atomic E-state index is 0.0726. The summed E-state index contributed by atoms with van der Waals surface area (Å²) in [5, 5.41) is 11.7. The summed E-state index contributed by atoms with van der Waals surface area (Å²) in [6.07, 6.45) is 3.11. The molecule has 0 aliphatic heterocycles. The van der Waals surface area contributed by atoms with Crippen molar-refractivity contribution in [3.05, 3.63) is 29.6 Å². The van der Waals surface area contributed by atoms with Gasteiger partial charge in [0, 0.05) is 25.4 Å². The Balaban J connectivity index is 2.20. The number of ether oxygens (including phenoxy) is 1. The highest BCUT2D eigenvalue weighted by atomic mass is 19.1. The van der Waals surface area contributed by atoms with Crippen molar-refractivity contribution in [3.8, 4) is 6.07 Å². The monoisotopic (exact) mass is 250 g/mol. The van der Waals surface area contributed by atoms with E-state index in [-0.39, 0.29) is 5.56 Å². The van der Waals surface area contributed by atoms with Crippen LogP contribution in [0.4, 0.5) is 10.1 Å². The van der Waals surface area contributed by atoms with E-state index in [1.165, 1.54) is 12.1 Å². The first-order valence-corrected chi connectivity index (χ1v) is 6.29. The Morgan fingerprint density at radius 2 is 2.11 bits per heavy atom. The molecule has 98 valence electrons. The maximum absolute atomic E-state index is 13.3. The Bertz CT molecular complexity index is 401. The van der Waals surface area contributed by atoms with E-state index in [4.69, 9.17) is 10.00 Å². The first kappa shape index (κ1) is 14.5. The quantitative estimate of drug-likeness (QED) is 0.720. The minimum Gasteiger partial charge on any atom is -0.385 e. The van der Waals surface area contributed by atoms with Gasteiger partial charge in [0.1, 0.15) is 11.9 Å². The lowest BCUT2D eigenvalue weighted by atomic mass is 10.2. The van der Waals surface area contributed by atoms with Crippen molar-refractivity contribution in [1.29, 1.82) is 5.26 Å². The fourth-order valence-electron chi connectivity index (χ4n) is 1.47. The molecular weight excluding hydrogens is 231 g/mol. The van der Waals surface area contributed by atoms with E-state index < -0.39 is 5.82 Å². The van der Waals surface area contributed by atoms with Crippen molar-refractivity contribution >= 4 is 5.69 Å². The number of nitriles is 1. The number of anilines is 1. The summed E-state index contributed by atoms with van der Waals surface area (Å²) in [6.45, 7) is 4.38. The molecule has 1 aromatic rings. The van der Waals surface area contributed by atoms with Gasteiger partial charge >= 0.3 is 0 Å². The van der Waals surface area contributed by atoms with Gasteiger partial charge in [-0.15, -0.1) is 0 Å². The zero-order valence-electron chi connectivity index (χ0n) is 10.7. The SMILES string of the molecule is CCCCOCCCNc1ccc(C#N)c(F)c1. The van der Waals surface area contributed by atoms with Crippen LogP contribution in [0, 0.1) is 17.1 Å². The summed E-state index contributed by atoms with van der Waals surface area (Å²) >= 11 is 0. The highest BCUT2D eigenvalue weighted by molar-refractivity contribution is 5.47. The van der Waals surface area contributed by atoms with E-state index in [0.29, 0.717) is 12.3 Å². The van der Waals surface area contributed by atoms with Gasteiger partial charge in [0.05, 0.1) is 5.56 Å². The first-order valence-electron chi connectivity index (χ1n) is 6.29. The maximum atomic E-state index is 13.3. The molecule has 0 radical (unpaired) electrons. The molecule has 1 rings (SSSR count). The van der Waals surface area contributed by atoms with Crippen LogP contribution in [-0.2, 0) is 4.74 Å². The molecular formula is C14H19FN2O. The van der Waals surface area contributed by atoms with Crippen molar-refractivity contribution in [2.45, 2.75) is 26.2 Å². The van der Waals surface area contributed by atoms with Crippen LogP contribution in [0.1, 0.15) is 31.7 Å². The molecule has 0 spiro atoms. The number of unbranched alkanes of at least 4 members (excludes halogenated alkanes) is 1. The molecule has 0 aromatic heterocycles. The third-order valence-electron chi connectivity index (χ3n) is 2.53. The second-order valence-electron chi connectivity index (χ2n) is 4.05. The molecule has 1 aromatic carbocycles. The van der Waals surface area contributed by atoms with E-state index in [1.54, 1.807) is 12.1 Å². The number of halogens is 1. The fourth-order valence-corrected chi connectivity index (χ4v) is 1.47. The van der Waals surface area contributed by atoms with Crippen LogP contribution in [0.25, 0.3) is 0 Å². The van der Waals surface area contributed by atoms with E-state index >= 15 is 0 Å². The predicted octanol–water partition coefficient (Wildman–Crippen LogP) is 3.32. The third-order valence-corrected chi connectivity index (χ3v) is 2.53. The van der Waals surface area contributed by atoms with Crippen LogP contribution in [0.3, 0.4) is 0 Å². The maximum Gasteiger partial charge on any atom is 0.143 e. The van der Waals surface area contributed by atoms with Crippen molar-refractivity contribution < 1.29 is 9.13 Å². The molecule has 3 nitrogen and oxygen atoms in total. The molecule has 0 unspecified atom stereocenters. The summed E-state index contributed by atoms with van der Waals surface area (Å²) in [6, 6.07) is 6.33. The molecule has 1 N–H and O–H groups in total. The van der Waals surface area contributed by atoms with Gasteiger partial charge in [-0.2, -0.15) is 5.26 Å². The van der Waals surface area contributed by atoms with Gasteiger partial charge in [-0.3, -0.25) is 0 Å². The van der Waals surface area contributed by atoms with Crippen molar-refractivity contribution in [2.75, 3.05) is 25.1 Å². The smallest absolute Gasteiger partial charge is 0.143 e. The molecule has 0 aliphatic carbocycles. The zero-order chi connectivity index (χ0) is 13.2. The van der Waals surface area contributed by atoms with Crippen molar-refractivity contribution in [3.63, 3.8) is 0 Å². The van der Waals surface area contributed by atoms with Crippen molar-refractivity contribution in [1.82, 2.24) is 0 Å². The molecule has 0 saturated carbocycles. The molecule has 0 amide bonds. The van der Waals surface area contributed by atoms with Crippen LogP contribution in [0.5, 0.6) is 0 Å². The summed E-state index contributed by atoms with van der Waals surface area (Å²) in [4.78, 5) is 0. The summed E-state index contributed by atoms with van der Waals surface area (Å²) in [5.74, 6) is -0.485. The second kappa shape index (κ2) is 8.48. The van der Waals surface area contributed by atoms with Gasteiger partial charge < -0.3 is 10.1 Å². The lowest BCUT2D eigenvalue weighted by Gasteiger charge is -2.07. The number of hydrogen-bond acceptors (Lipinski definition) is 3. The number of nitrogens with zero attached hydrogens (tertiary/aromatic N) is 1. The van der Waals surface area contributed by atoms with Gasteiger partial charge in [0.2, 0.25) is 0 Å². The molecule has 18 heavy (non-hydrogen) atoms. The van der Waals surface area contributed by atoms with E-state index in [1.807, 2.05) is 0 Å². The second-order valence-corrected chi connectivity index (χ2v) is 4.05. The molecule has 4 heteroatoms. The minimum atomic E-state index is -0.485. The number of nitrogens with one attached hydrogen (secondary N) is 1. The van der Waals surface area contributed by atoms with Crippen LogP contribution in [-0.4, -0.2) is 19.8 Å². The summed E-state index contributed by atoms with van der Waals surface area (Å²) in [7, 11) is 0. The number of rotatable bonds is 8. The summed E-state index contributed by atoms with van der Waals surface area (Å²) < 4.78 is 18.7. The molecule has 0 heterocycles. The molecule has 0 atom stereocenters. The highest BCUT2D eigenvalue weighted by Gasteiger charge is 2.01. The number of hydrogen-bond donors (Lipinski definition) is 1. The van der Waals surface area contributed by atoms with E-state index in [2.05, 4.69) is 12.2 Å². The fraction of sp³-hybridized carbons (Fsp3) is 0.500. The molecule has 0 fully saturated rings. The molecule has 0 aliphatic rings. The van der Waals surface area contributed by atoms with E-state index in [0.717, 1.165) is 32.4 Å². The van der Waals surface area contributed by atoms with Gasteiger partial charge in [-0.1, -0.05) is 13.3 Å². The average Bonchev–Trinajstić information content (AvgIpc) is 2.38. The van der Waals surface area contributed by atoms with Gasteiger partial charge in [-0.25, -0.2) is 4.39 Å². The Hall–Kier alpha value is -1.60. The Kier molecular flexibility index (Phi) is 6.82. The normalized spacial score (nSPS) is 10.1. The highest BCUT2D eigenvalue weighted by Crippen LogP contribution is 2.13. The Labute approximate surface area is 108 Å². The van der Waals surface area contributed by atoms with Crippen LogP contribution >= 0.6 is 0 Å². The molecule has 0 bridgehead atoms. The van der Waals surface area contributed by atoms with E-state index in [9.17, 15) is 4.39 Å². The summed E-state index contributed by atoms with van der Waals surface area (Å²) in [5.41, 5.74) is 0.767. The lowest BCUT2D eigenvalue weighted by molar-refractivity contribution is 0.131. The number of benzene rings is 1. The van der Waals surface area contributed by atoms with Gasteiger partial charge in [-0.05, 0) is 31.0 Å². The van der Waals surface area contributed by atoms with Crippen LogP contribution < -0.4 is 5.32 Å². The molecule has 0 saturated heterocycles. The average molecular weight is 250 g/mol.